The van der Waals surface area contributed by atoms with Crippen molar-refractivity contribution in [2.75, 3.05) is 19.6 Å². The Morgan fingerprint density at radius 1 is 1.00 bits per heavy atom. The second-order valence-electron chi connectivity index (χ2n) is 8.83. The Balaban J connectivity index is 1.38. The van der Waals surface area contributed by atoms with E-state index in [0.717, 1.165) is 22.9 Å². The molecule has 7 heteroatoms. The summed E-state index contributed by atoms with van der Waals surface area (Å²) in [4.78, 5) is 45.5. The molecule has 0 radical (unpaired) electrons. The molecule has 0 spiro atoms. The number of carbonyl (C=O) groups excluding carboxylic acids is 3. The average molecular weight is 445 g/mol. The molecule has 5 rings (SSSR count). The van der Waals surface area contributed by atoms with Crippen LogP contribution in [0.1, 0.15) is 24.0 Å². The SMILES string of the molecule is O=C1CC[C@H](C(=O)N2CCN(CCc3ccccc3)C(=O)[C@@H]2Cc2c[nH]c3ccccc23)N1. The number of amides is 3. The molecular formula is C26H28N4O3. The molecule has 2 saturated heterocycles. The van der Waals surface area contributed by atoms with E-state index in [0.29, 0.717) is 38.9 Å². The van der Waals surface area contributed by atoms with Crippen LogP contribution in [0.5, 0.6) is 0 Å². The number of aromatic nitrogens is 1. The molecule has 3 heterocycles. The van der Waals surface area contributed by atoms with Crippen LogP contribution >= 0.6 is 0 Å². The van der Waals surface area contributed by atoms with E-state index in [1.165, 1.54) is 5.56 Å². The molecule has 170 valence electrons. The highest BCUT2D eigenvalue weighted by Crippen LogP contribution is 2.24. The zero-order valence-electron chi connectivity index (χ0n) is 18.5. The molecule has 0 saturated carbocycles. The van der Waals surface area contributed by atoms with Crippen molar-refractivity contribution in [2.24, 2.45) is 0 Å². The summed E-state index contributed by atoms with van der Waals surface area (Å²) in [5.74, 6) is -0.281. The van der Waals surface area contributed by atoms with Gasteiger partial charge in [0.2, 0.25) is 17.7 Å². The Morgan fingerprint density at radius 3 is 2.58 bits per heavy atom. The van der Waals surface area contributed by atoms with Crippen molar-refractivity contribution >= 4 is 28.6 Å². The third-order valence-corrected chi connectivity index (χ3v) is 6.76. The molecule has 0 unspecified atom stereocenters. The summed E-state index contributed by atoms with van der Waals surface area (Å²) in [5, 5.41) is 3.83. The van der Waals surface area contributed by atoms with Crippen LogP contribution in [0.15, 0.2) is 60.8 Å². The van der Waals surface area contributed by atoms with Gasteiger partial charge >= 0.3 is 0 Å². The fourth-order valence-corrected chi connectivity index (χ4v) is 4.94. The van der Waals surface area contributed by atoms with E-state index in [1.807, 2.05) is 53.6 Å². The van der Waals surface area contributed by atoms with Crippen LogP contribution in [0.2, 0.25) is 0 Å². The number of piperazine rings is 1. The molecule has 0 aliphatic carbocycles. The first-order valence-electron chi connectivity index (χ1n) is 11.6. The summed E-state index contributed by atoms with van der Waals surface area (Å²) in [7, 11) is 0. The Kier molecular flexibility index (Phi) is 5.86. The highest BCUT2D eigenvalue weighted by molar-refractivity contribution is 5.95. The maximum absolute atomic E-state index is 13.6. The van der Waals surface area contributed by atoms with Gasteiger partial charge in [-0.1, -0.05) is 48.5 Å². The number of H-pyrrole nitrogens is 1. The largest absolute Gasteiger partial charge is 0.361 e. The van der Waals surface area contributed by atoms with Crippen molar-refractivity contribution in [1.82, 2.24) is 20.1 Å². The first-order chi connectivity index (χ1) is 16.1. The zero-order valence-corrected chi connectivity index (χ0v) is 18.5. The van der Waals surface area contributed by atoms with E-state index in [9.17, 15) is 14.4 Å². The van der Waals surface area contributed by atoms with Crippen molar-refractivity contribution in [3.05, 3.63) is 71.9 Å². The van der Waals surface area contributed by atoms with E-state index in [1.54, 1.807) is 4.90 Å². The zero-order chi connectivity index (χ0) is 22.8. The van der Waals surface area contributed by atoms with Gasteiger partial charge in [-0.2, -0.15) is 0 Å². The number of nitrogens with one attached hydrogen (secondary N) is 2. The van der Waals surface area contributed by atoms with Crippen LogP contribution < -0.4 is 5.32 Å². The second kappa shape index (κ2) is 9.10. The predicted octanol–water partition coefficient (Wildman–Crippen LogP) is 2.27. The minimum Gasteiger partial charge on any atom is -0.361 e. The molecule has 3 aromatic rings. The van der Waals surface area contributed by atoms with Crippen molar-refractivity contribution in [2.45, 2.75) is 37.8 Å². The van der Waals surface area contributed by atoms with Crippen LogP contribution in [-0.2, 0) is 27.2 Å². The van der Waals surface area contributed by atoms with E-state index < -0.39 is 12.1 Å². The number of rotatable bonds is 6. The number of para-hydroxylation sites is 1. The Bertz CT molecular complexity index is 1170. The maximum Gasteiger partial charge on any atom is 0.245 e. The lowest BCUT2D eigenvalue weighted by atomic mass is 9.99. The summed E-state index contributed by atoms with van der Waals surface area (Å²) < 4.78 is 0. The standard InChI is InChI=1S/C26H28N4O3/c31-24-11-10-22(28-24)25(32)30-15-14-29(13-12-18-6-2-1-3-7-18)26(33)23(30)16-19-17-27-21-9-5-4-8-20(19)21/h1-9,17,22-23,27H,10-16H2,(H,28,31)/t22-,23+/m1/s1. The van der Waals surface area contributed by atoms with Crippen molar-refractivity contribution in [3.8, 4) is 0 Å². The van der Waals surface area contributed by atoms with E-state index in [-0.39, 0.29) is 17.7 Å². The number of aromatic amines is 1. The molecule has 2 aliphatic rings. The van der Waals surface area contributed by atoms with Gasteiger partial charge in [0.25, 0.3) is 0 Å². The van der Waals surface area contributed by atoms with Crippen molar-refractivity contribution < 1.29 is 14.4 Å². The number of carbonyl (C=O) groups is 3. The summed E-state index contributed by atoms with van der Waals surface area (Å²) in [6.07, 6.45) is 3.99. The van der Waals surface area contributed by atoms with E-state index in [4.69, 9.17) is 0 Å². The highest BCUT2D eigenvalue weighted by Gasteiger charge is 2.41. The summed E-state index contributed by atoms with van der Waals surface area (Å²) in [6, 6.07) is 17.0. The molecule has 2 fully saturated rings. The van der Waals surface area contributed by atoms with Gasteiger partial charge in [0, 0.05) is 49.6 Å². The molecule has 7 nitrogen and oxygen atoms in total. The molecule has 2 atom stereocenters. The number of hydrogen-bond donors (Lipinski definition) is 2. The third kappa shape index (κ3) is 4.35. The van der Waals surface area contributed by atoms with Crippen LogP contribution in [-0.4, -0.2) is 64.2 Å². The van der Waals surface area contributed by atoms with Gasteiger partial charge in [-0.15, -0.1) is 0 Å². The molecule has 2 N–H and O–H groups in total. The first kappa shape index (κ1) is 21.2. The Labute approximate surface area is 192 Å². The molecule has 2 aliphatic heterocycles. The van der Waals surface area contributed by atoms with Crippen molar-refractivity contribution in [1.29, 1.82) is 0 Å². The first-order valence-corrected chi connectivity index (χ1v) is 11.6. The van der Waals surface area contributed by atoms with Gasteiger partial charge in [-0.3, -0.25) is 14.4 Å². The monoisotopic (exact) mass is 444 g/mol. The summed E-state index contributed by atoms with van der Waals surface area (Å²) in [5.41, 5.74) is 3.21. The number of benzene rings is 2. The van der Waals surface area contributed by atoms with Crippen LogP contribution in [0.25, 0.3) is 10.9 Å². The third-order valence-electron chi connectivity index (χ3n) is 6.76. The predicted molar refractivity (Wildman–Crippen MR) is 125 cm³/mol. The molecule has 0 bridgehead atoms. The van der Waals surface area contributed by atoms with Gasteiger partial charge in [0.05, 0.1) is 0 Å². The fourth-order valence-electron chi connectivity index (χ4n) is 4.94. The Morgan fingerprint density at radius 2 is 1.79 bits per heavy atom. The topological polar surface area (TPSA) is 85.5 Å². The second-order valence-corrected chi connectivity index (χ2v) is 8.83. The van der Waals surface area contributed by atoms with Gasteiger partial charge < -0.3 is 20.1 Å². The number of hydrogen-bond acceptors (Lipinski definition) is 3. The average Bonchev–Trinajstić information content (AvgIpc) is 3.46. The highest BCUT2D eigenvalue weighted by atomic mass is 16.2. The summed E-state index contributed by atoms with van der Waals surface area (Å²) >= 11 is 0. The lowest BCUT2D eigenvalue weighted by Gasteiger charge is -2.41. The van der Waals surface area contributed by atoms with Gasteiger partial charge in [0.15, 0.2) is 0 Å². The summed E-state index contributed by atoms with van der Waals surface area (Å²) in [6.45, 7) is 1.59. The number of nitrogens with zero attached hydrogens (tertiary/aromatic N) is 2. The quantitative estimate of drug-likeness (QED) is 0.612. The van der Waals surface area contributed by atoms with Crippen LogP contribution in [0.4, 0.5) is 0 Å². The maximum atomic E-state index is 13.6. The normalized spacial score (nSPS) is 21.0. The molecule has 1 aromatic heterocycles. The van der Waals surface area contributed by atoms with Gasteiger partial charge in [-0.25, -0.2) is 0 Å². The fraction of sp³-hybridized carbons (Fsp3) is 0.346. The minimum atomic E-state index is -0.585. The van der Waals surface area contributed by atoms with Gasteiger partial charge in [-0.05, 0) is 30.0 Å². The van der Waals surface area contributed by atoms with Crippen LogP contribution in [0, 0.1) is 0 Å². The van der Waals surface area contributed by atoms with Crippen LogP contribution in [0.3, 0.4) is 0 Å². The molecule has 3 amide bonds. The smallest absolute Gasteiger partial charge is 0.245 e. The van der Waals surface area contributed by atoms with E-state index in [2.05, 4.69) is 22.4 Å². The number of fused-ring (bicyclic) bond motifs is 1. The van der Waals surface area contributed by atoms with Crippen molar-refractivity contribution in [3.63, 3.8) is 0 Å². The van der Waals surface area contributed by atoms with Gasteiger partial charge in [0.1, 0.15) is 12.1 Å². The molecule has 2 aromatic carbocycles. The minimum absolute atomic E-state index is 0.0277. The molecule has 33 heavy (non-hydrogen) atoms. The lowest BCUT2D eigenvalue weighted by molar-refractivity contribution is -0.152. The lowest BCUT2D eigenvalue weighted by Crippen LogP contribution is -2.62. The molecular weight excluding hydrogens is 416 g/mol. The Hall–Kier alpha value is -3.61. The van der Waals surface area contributed by atoms with E-state index >= 15 is 0 Å².